The molecular formula is C16H15ClN4O2. The lowest BCUT2D eigenvalue weighted by Gasteiger charge is -2.08. The summed E-state index contributed by atoms with van der Waals surface area (Å²) in [5.41, 5.74) is 2.10. The maximum absolute atomic E-state index is 12.6. The van der Waals surface area contributed by atoms with Crippen LogP contribution in [0.5, 0.6) is 5.75 Å². The molecule has 0 atom stereocenters. The van der Waals surface area contributed by atoms with Gasteiger partial charge in [0.25, 0.3) is 5.91 Å². The van der Waals surface area contributed by atoms with E-state index in [1.807, 2.05) is 19.1 Å². The molecule has 1 amide bonds. The van der Waals surface area contributed by atoms with Gasteiger partial charge >= 0.3 is 0 Å². The van der Waals surface area contributed by atoms with E-state index in [9.17, 15) is 4.79 Å². The molecule has 23 heavy (non-hydrogen) atoms. The zero-order valence-corrected chi connectivity index (χ0v) is 13.5. The molecule has 0 aliphatic rings. The number of carbonyl (C=O) groups is 1. The van der Waals surface area contributed by atoms with E-state index in [1.54, 1.807) is 35.9 Å². The highest BCUT2D eigenvalue weighted by molar-refractivity contribution is 6.32. The van der Waals surface area contributed by atoms with Crippen molar-refractivity contribution < 1.29 is 9.53 Å². The van der Waals surface area contributed by atoms with Crippen LogP contribution in [0.25, 0.3) is 5.65 Å². The van der Waals surface area contributed by atoms with E-state index in [1.165, 1.54) is 0 Å². The largest absolute Gasteiger partial charge is 0.490 e. The molecule has 1 N–H and O–H groups in total. The van der Waals surface area contributed by atoms with Crippen molar-refractivity contribution in [2.75, 3.05) is 11.9 Å². The number of rotatable bonds is 4. The van der Waals surface area contributed by atoms with Gasteiger partial charge in [0.2, 0.25) is 0 Å². The predicted octanol–water partition coefficient (Wildman–Crippen LogP) is 3.34. The molecule has 0 aliphatic carbocycles. The number of anilines is 1. The molecule has 3 heterocycles. The first-order valence-corrected chi connectivity index (χ1v) is 7.52. The zero-order chi connectivity index (χ0) is 16.4. The highest BCUT2D eigenvalue weighted by Gasteiger charge is 2.19. The Hall–Kier alpha value is -2.60. The van der Waals surface area contributed by atoms with E-state index >= 15 is 0 Å². The average Bonchev–Trinajstić information content (AvgIpc) is 2.87. The molecule has 3 rings (SSSR count). The third kappa shape index (κ3) is 2.85. The molecule has 0 saturated carbocycles. The highest BCUT2D eigenvalue weighted by atomic mass is 35.5. The van der Waals surface area contributed by atoms with Crippen LogP contribution in [-0.4, -0.2) is 26.9 Å². The van der Waals surface area contributed by atoms with Crippen LogP contribution in [0.15, 0.2) is 36.7 Å². The maximum atomic E-state index is 12.6. The number of nitrogens with one attached hydrogen (secondary N) is 1. The van der Waals surface area contributed by atoms with Crippen molar-refractivity contribution in [2.24, 2.45) is 0 Å². The number of aromatic nitrogens is 3. The van der Waals surface area contributed by atoms with Gasteiger partial charge in [-0.2, -0.15) is 0 Å². The molecule has 0 bridgehead atoms. The van der Waals surface area contributed by atoms with Crippen LogP contribution >= 0.6 is 11.6 Å². The van der Waals surface area contributed by atoms with Gasteiger partial charge in [-0.3, -0.25) is 9.20 Å². The minimum Gasteiger partial charge on any atom is -0.490 e. The van der Waals surface area contributed by atoms with Gasteiger partial charge in [0.05, 0.1) is 18.0 Å². The molecule has 0 radical (unpaired) electrons. The lowest BCUT2D eigenvalue weighted by atomic mass is 10.3. The van der Waals surface area contributed by atoms with Crippen molar-refractivity contribution in [2.45, 2.75) is 13.8 Å². The summed E-state index contributed by atoms with van der Waals surface area (Å²) in [6, 6.07) is 7.03. The highest BCUT2D eigenvalue weighted by Crippen LogP contribution is 2.24. The fraction of sp³-hybridized carbons (Fsp3) is 0.188. The number of halogens is 1. The molecule has 0 aromatic carbocycles. The Kier molecular flexibility index (Phi) is 4.16. The van der Waals surface area contributed by atoms with Gasteiger partial charge in [-0.05, 0) is 38.1 Å². The molecule has 0 saturated heterocycles. The number of imidazole rings is 1. The minimum absolute atomic E-state index is 0.238. The summed E-state index contributed by atoms with van der Waals surface area (Å²) in [5, 5.41) is 3.00. The van der Waals surface area contributed by atoms with Crippen LogP contribution in [0.4, 0.5) is 5.69 Å². The Morgan fingerprint density at radius 3 is 2.96 bits per heavy atom. The normalized spacial score (nSPS) is 10.7. The van der Waals surface area contributed by atoms with Crippen LogP contribution in [-0.2, 0) is 0 Å². The zero-order valence-electron chi connectivity index (χ0n) is 12.7. The Labute approximate surface area is 138 Å². The van der Waals surface area contributed by atoms with Gasteiger partial charge in [-0.1, -0.05) is 11.6 Å². The number of pyridine rings is 2. The molecule has 118 valence electrons. The van der Waals surface area contributed by atoms with E-state index in [0.717, 1.165) is 0 Å². The number of aryl methyl sites for hydroxylation is 1. The molecule has 0 fully saturated rings. The van der Waals surface area contributed by atoms with E-state index in [4.69, 9.17) is 16.3 Å². The molecule has 3 aromatic rings. The molecule has 0 aliphatic heterocycles. The second-order valence-electron chi connectivity index (χ2n) is 4.84. The summed E-state index contributed by atoms with van der Waals surface area (Å²) in [5.74, 6) is 0.329. The van der Waals surface area contributed by atoms with Crippen molar-refractivity contribution in [3.8, 4) is 5.75 Å². The van der Waals surface area contributed by atoms with E-state index < -0.39 is 0 Å². The average molecular weight is 331 g/mol. The second-order valence-corrected chi connectivity index (χ2v) is 5.20. The number of hydrogen-bond donors (Lipinski definition) is 1. The minimum atomic E-state index is -0.307. The van der Waals surface area contributed by atoms with Crippen molar-refractivity contribution in [1.82, 2.24) is 14.4 Å². The van der Waals surface area contributed by atoms with Crippen LogP contribution in [0.2, 0.25) is 5.15 Å². The number of ether oxygens (including phenoxy) is 1. The quantitative estimate of drug-likeness (QED) is 0.745. The lowest BCUT2D eigenvalue weighted by molar-refractivity contribution is 0.102. The first kappa shape index (κ1) is 15.3. The number of carbonyl (C=O) groups excluding carboxylic acids is 1. The van der Waals surface area contributed by atoms with E-state index in [0.29, 0.717) is 35.1 Å². The first-order valence-electron chi connectivity index (χ1n) is 7.14. The van der Waals surface area contributed by atoms with Crippen molar-refractivity contribution >= 4 is 28.8 Å². The lowest BCUT2D eigenvalue weighted by Crippen LogP contribution is -2.16. The second kappa shape index (κ2) is 6.26. The molecular weight excluding hydrogens is 316 g/mol. The van der Waals surface area contributed by atoms with Crippen LogP contribution in [0.1, 0.15) is 23.1 Å². The standard InChI is InChI=1S/C16H15ClN4O2/c1-3-23-12-7-5-9-21-13(10(2)19-15(12)21)16(22)20-11-6-4-8-18-14(11)17/h4-9H,3H2,1-2H3,(H,20,22). The van der Waals surface area contributed by atoms with Crippen LogP contribution in [0, 0.1) is 6.92 Å². The van der Waals surface area contributed by atoms with Crippen molar-refractivity contribution in [1.29, 1.82) is 0 Å². The first-order chi connectivity index (χ1) is 11.1. The maximum Gasteiger partial charge on any atom is 0.274 e. The number of fused-ring (bicyclic) bond motifs is 1. The van der Waals surface area contributed by atoms with Crippen molar-refractivity contribution in [3.63, 3.8) is 0 Å². The van der Waals surface area contributed by atoms with Gasteiger partial charge in [0.1, 0.15) is 5.69 Å². The monoisotopic (exact) mass is 330 g/mol. The Morgan fingerprint density at radius 2 is 2.22 bits per heavy atom. The smallest absolute Gasteiger partial charge is 0.274 e. The molecule has 7 heteroatoms. The summed E-state index contributed by atoms with van der Waals surface area (Å²) >= 11 is 5.99. The fourth-order valence-corrected chi connectivity index (χ4v) is 2.53. The van der Waals surface area contributed by atoms with Crippen molar-refractivity contribution in [3.05, 3.63) is 53.2 Å². The van der Waals surface area contributed by atoms with Gasteiger partial charge in [0, 0.05) is 12.4 Å². The molecule has 0 spiro atoms. The summed E-state index contributed by atoms with van der Waals surface area (Å²) in [6.45, 7) is 4.21. The molecule has 6 nitrogen and oxygen atoms in total. The summed E-state index contributed by atoms with van der Waals surface area (Å²) < 4.78 is 7.27. The van der Waals surface area contributed by atoms with Gasteiger partial charge < -0.3 is 10.1 Å². The number of hydrogen-bond acceptors (Lipinski definition) is 4. The fourth-order valence-electron chi connectivity index (χ4n) is 2.36. The van der Waals surface area contributed by atoms with E-state index in [-0.39, 0.29) is 11.1 Å². The van der Waals surface area contributed by atoms with Gasteiger partial charge in [-0.15, -0.1) is 0 Å². The van der Waals surface area contributed by atoms with Crippen LogP contribution < -0.4 is 10.1 Å². The number of amides is 1. The summed E-state index contributed by atoms with van der Waals surface area (Å²) in [6.07, 6.45) is 3.34. The summed E-state index contributed by atoms with van der Waals surface area (Å²) in [7, 11) is 0. The number of nitrogens with zero attached hydrogens (tertiary/aromatic N) is 3. The van der Waals surface area contributed by atoms with Gasteiger partial charge in [0.15, 0.2) is 16.5 Å². The van der Waals surface area contributed by atoms with Crippen LogP contribution in [0.3, 0.4) is 0 Å². The summed E-state index contributed by atoms with van der Waals surface area (Å²) in [4.78, 5) is 21.0. The SMILES string of the molecule is CCOc1cccn2c(C(=O)Nc3cccnc3Cl)c(C)nc12. The Balaban J connectivity index is 2.02. The predicted molar refractivity (Wildman–Crippen MR) is 88.3 cm³/mol. The Morgan fingerprint density at radius 1 is 1.39 bits per heavy atom. The topological polar surface area (TPSA) is 68.5 Å². The molecule has 3 aromatic heterocycles. The van der Waals surface area contributed by atoms with Gasteiger partial charge in [-0.25, -0.2) is 9.97 Å². The third-order valence-electron chi connectivity index (χ3n) is 3.31. The third-order valence-corrected chi connectivity index (χ3v) is 3.61. The molecule has 0 unspecified atom stereocenters. The Bertz CT molecular complexity index is 876. The van der Waals surface area contributed by atoms with E-state index in [2.05, 4.69) is 15.3 Å².